The number of hydrogen-bond donors (Lipinski definition) is 0. The number of halogens is 4. The highest BCUT2D eigenvalue weighted by Crippen LogP contribution is 2.34. The molecule has 0 aliphatic rings. The average molecular weight is 254 g/mol. The van der Waals surface area contributed by atoms with E-state index in [9.17, 15) is 17.6 Å². The molecule has 0 amide bonds. The highest BCUT2D eigenvalue weighted by molar-refractivity contribution is 5.67. The monoisotopic (exact) mass is 254 g/mol. The zero-order chi connectivity index (χ0) is 13.3. The predicted molar refractivity (Wildman–Crippen MR) is 61.6 cm³/mol. The van der Waals surface area contributed by atoms with Crippen LogP contribution in [0, 0.1) is 12.7 Å². The minimum atomic E-state index is -4.68. The Hall–Kier alpha value is -1.84. The zero-order valence-electron chi connectivity index (χ0n) is 9.55. The summed E-state index contributed by atoms with van der Waals surface area (Å²) >= 11 is 0. The first-order valence-corrected chi connectivity index (χ1v) is 5.32. The summed E-state index contributed by atoms with van der Waals surface area (Å²) in [6.45, 7) is 1.80. The van der Waals surface area contributed by atoms with Gasteiger partial charge in [0.25, 0.3) is 0 Å². The molecule has 0 saturated carbocycles. The summed E-state index contributed by atoms with van der Waals surface area (Å²) in [5, 5.41) is 0. The molecule has 2 aromatic rings. The van der Waals surface area contributed by atoms with E-state index in [1.165, 1.54) is 6.07 Å². The molecule has 0 atom stereocenters. The van der Waals surface area contributed by atoms with E-state index in [2.05, 4.69) is 0 Å². The van der Waals surface area contributed by atoms with Gasteiger partial charge in [-0.1, -0.05) is 30.3 Å². The molecule has 2 rings (SSSR count). The van der Waals surface area contributed by atoms with Crippen molar-refractivity contribution < 1.29 is 17.6 Å². The lowest BCUT2D eigenvalue weighted by Gasteiger charge is -2.11. The molecule has 94 valence electrons. The van der Waals surface area contributed by atoms with Crippen LogP contribution in [0.5, 0.6) is 0 Å². The summed E-state index contributed by atoms with van der Waals surface area (Å²) < 4.78 is 51.0. The summed E-state index contributed by atoms with van der Waals surface area (Å²) in [7, 11) is 0. The Morgan fingerprint density at radius 3 is 2.22 bits per heavy atom. The topological polar surface area (TPSA) is 0 Å². The maximum atomic E-state index is 13.2. The lowest BCUT2D eigenvalue weighted by Crippen LogP contribution is -2.08. The molecule has 18 heavy (non-hydrogen) atoms. The molecule has 0 heterocycles. The van der Waals surface area contributed by atoms with Crippen LogP contribution >= 0.6 is 0 Å². The molecule has 0 saturated heterocycles. The SMILES string of the molecule is Cc1ccccc1-c1ccc(F)c(C(F)(F)F)c1. The molecule has 2 aromatic carbocycles. The second-order valence-corrected chi connectivity index (χ2v) is 4.01. The van der Waals surface area contributed by atoms with Crippen LogP contribution < -0.4 is 0 Å². The Bertz CT molecular complexity index is 570. The lowest BCUT2D eigenvalue weighted by atomic mass is 9.98. The zero-order valence-corrected chi connectivity index (χ0v) is 9.55. The third-order valence-electron chi connectivity index (χ3n) is 2.73. The van der Waals surface area contributed by atoms with Crippen LogP contribution in [0.25, 0.3) is 11.1 Å². The van der Waals surface area contributed by atoms with E-state index in [-0.39, 0.29) is 0 Å². The van der Waals surface area contributed by atoms with Crippen LogP contribution in [0.1, 0.15) is 11.1 Å². The van der Waals surface area contributed by atoms with Gasteiger partial charge in [-0.25, -0.2) is 4.39 Å². The molecular weight excluding hydrogens is 244 g/mol. The second-order valence-electron chi connectivity index (χ2n) is 4.01. The first-order chi connectivity index (χ1) is 8.39. The van der Waals surface area contributed by atoms with Crippen molar-refractivity contribution in [2.45, 2.75) is 13.1 Å². The van der Waals surface area contributed by atoms with Gasteiger partial charge in [-0.2, -0.15) is 13.2 Å². The fourth-order valence-electron chi connectivity index (χ4n) is 1.81. The van der Waals surface area contributed by atoms with Gasteiger partial charge in [0.15, 0.2) is 0 Å². The predicted octanol–water partition coefficient (Wildman–Crippen LogP) is 4.82. The van der Waals surface area contributed by atoms with E-state index >= 15 is 0 Å². The molecule has 0 radical (unpaired) electrons. The standard InChI is InChI=1S/C14H10F4/c1-9-4-2-3-5-11(9)10-6-7-13(15)12(8-10)14(16,17)18/h2-8H,1H3. The molecule has 0 aliphatic heterocycles. The normalized spacial score (nSPS) is 11.6. The van der Waals surface area contributed by atoms with Crippen molar-refractivity contribution in [1.29, 1.82) is 0 Å². The molecule has 4 heteroatoms. The van der Waals surface area contributed by atoms with Gasteiger partial charge in [0.05, 0.1) is 5.56 Å². The Labute approximate surface area is 102 Å². The van der Waals surface area contributed by atoms with E-state index in [0.29, 0.717) is 11.1 Å². The maximum absolute atomic E-state index is 13.2. The third kappa shape index (κ3) is 2.37. The van der Waals surface area contributed by atoms with E-state index in [4.69, 9.17) is 0 Å². The molecule has 0 N–H and O–H groups in total. The first-order valence-electron chi connectivity index (χ1n) is 5.32. The summed E-state index contributed by atoms with van der Waals surface area (Å²) in [5.74, 6) is -1.25. The van der Waals surface area contributed by atoms with Gasteiger partial charge in [0.1, 0.15) is 5.82 Å². The molecular formula is C14H10F4. The highest BCUT2D eigenvalue weighted by Gasteiger charge is 2.34. The van der Waals surface area contributed by atoms with Gasteiger partial charge >= 0.3 is 6.18 Å². The van der Waals surface area contributed by atoms with Crippen molar-refractivity contribution in [2.24, 2.45) is 0 Å². The lowest BCUT2D eigenvalue weighted by molar-refractivity contribution is -0.139. The van der Waals surface area contributed by atoms with Crippen molar-refractivity contribution in [3.8, 4) is 11.1 Å². The molecule has 0 aliphatic carbocycles. The minimum Gasteiger partial charge on any atom is -0.206 e. The molecule has 0 bridgehead atoms. The van der Waals surface area contributed by atoms with Crippen LogP contribution in [0.15, 0.2) is 42.5 Å². The van der Waals surface area contributed by atoms with Crippen molar-refractivity contribution in [3.63, 3.8) is 0 Å². The van der Waals surface area contributed by atoms with Crippen molar-refractivity contribution in [3.05, 3.63) is 59.4 Å². The molecule has 0 nitrogen and oxygen atoms in total. The van der Waals surface area contributed by atoms with Gasteiger partial charge in [-0.05, 0) is 35.7 Å². The average Bonchev–Trinajstić information content (AvgIpc) is 2.29. The van der Waals surface area contributed by atoms with Gasteiger partial charge in [0.2, 0.25) is 0 Å². The number of hydrogen-bond acceptors (Lipinski definition) is 0. The largest absolute Gasteiger partial charge is 0.419 e. The van der Waals surface area contributed by atoms with Crippen LogP contribution in [0.3, 0.4) is 0 Å². The fraction of sp³-hybridized carbons (Fsp3) is 0.143. The summed E-state index contributed by atoms with van der Waals surface area (Å²) in [5.41, 5.74) is 0.644. The Morgan fingerprint density at radius 1 is 0.944 bits per heavy atom. The Balaban J connectivity index is 2.58. The van der Waals surface area contributed by atoms with E-state index in [1.54, 1.807) is 31.2 Å². The number of aryl methyl sites for hydroxylation is 1. The third-order valence-corrected chi connectivity index (χ3v) is 2.73. The minimum absolute atomic E-state index is 0.363. The molecule has 0 fully saturated rings. The molecule has 0 unspecified atom stereocenters. The first kappa shape index (κ1) is 12.6. The van der Waals surface area contributed by atoms with Gasteiger partial charge < -0.3 is 0 Å². The molecule has 0 aromatic heterocycles. The summed E-state index contributed by atoms with van der Waals surface area (Å²) in [6, 6.07) is 10.1. The van der Waals surface area contributed by atoms with Crippen LogP contribution in [0.4, 0.5) is 17.6 Å². The van der Waals surface area contributed by atoms with Crippen LogP contribution in [-0.2, 0) is 6.18 Å². The highest BCUT2D eigenvalue weighted by atomic mass is 19.4. The number of benzene rings is 2. The van der Waals surface area contributed by atoms with Crippen molar-refractivity contribution >= 4 is 0 Å². The second kappa shape index (κ2) is 4.44. The number of rotatable bonds is 1. The summed E-state index contributed by atoms with van der Waals surface area (Å²) in [4.78, 5) is 0. The molecule has 0 spiro atoms. The quantitative estimate of drug-likeness (QED) is 0.640. The van der Waals surface area contributed by atoms with Crippen LogP contribution in [0.2, 0.25) is 0 Å². The Morgan fingerprint density at radius 2 is 1.61 bits per heavy atom. The van der Waals surface area contributed by atoms with E-state index < -0.39 is 17.6 Å². The van der Waals surface area contributed by atoms with Crippen LogP contribution in [-0.4, -0.2) is 0 Å². The van der Waals surface area contributed by atoms with Gasteiger partial charge in [-0.15, -0.1) is 0 Å². The maximum Gasteiger partial charge on any atom is 0.419 e. The van der Waals surface area contributed by atoms with Crippen molar-refractivity contribution in [2.75, 3.05) is 0 Å². The van der Waals surface area contributed by atoms with Gasteiger partial charge in [-0.3, -0.25) is 0 Å². The Kier molecular flexibility index (Phi) is 3.11. The van der Waals surface area contributed by atoms with E-state index in [1.807, 2.05) is 0 Å². The summed E-state index contributed by atoms with van der Waals surface area (Å²) in [6.07, 6.45) is -4.68. The van der Waals surface area contributed by atoms with Gasteiger partial charge in [0, 0.05) is 0 Å². The van der Waals surface area contributed by atoms with Crippen molar-refractivity contribution in [1.82, 2.24) is 0 Å². The smallest absolute Gasteiger partial charge is 0.206 e. The van der Waals surface area contributed by atoms with E-state index in [0.717, 1.165) is 17.7 Å². The fourth-order valence-corrected chi connectivity index (χ4v) is 1.81. The number of alkyl halides is 3.